The molecule has 0 saturated heterocycles. The maximum absolute atomic E-state index is 12.2. The molecule has 0 aliphatic carbocycles. The van der Waals surface area contributed by atoms with Gasteiger partial charge in [-0.15, -0.1) is 0 Å². The topological polar surface area (TPSA) is 38.3 Å². The fraction of sp³-hybridized carbons (Fsp3) is 0.350. The molecule has 0 atom stereocenters. The van der Waals surface area contributed by atoms with Gasteiger partial charge in [-0.05, 0) is 48.6 Å². The van der Waals surface area contributed by atoms with E-state index < -0.39 is 0 Å². The summed E-state index contributed by atoms with van der Waals surface area (Å²) in [5, 5.41) is 3.07. The Labute approximate surface area is 152 Å². The molecule has 0 saturated carbocycles. The van der Waals surface area contributed by atoms with E-state index in [1.165, 1.54) is 5.56 Å². The van der Waals surface area contributed by atoms with Crippen molar-refractivity contribution >= 4 is 27.5 Å². The van der Waals surface area contributed by atoms with Crippen LogP contribution < -0.4 is 10.1 Å². The van der Waals surface area contributed by atoms with Crippen LogP contribution in [0.1, 0.15) is 43.7 Å². The van der Waals surface area contributed by atoms with Gasteiger partial charge in [0.25, 0.3) is 0 Å². The molecule has 0 radical (unpaired) electrons. The summed E-state index contributed by atoms with van der Waals surface area (Å²) in [5.74, 6) is 1.22. The van der Waals surface area contributed by atoms with E-state index >= 15 is 0 Å². The second kappa shape index (κ2) is 8.88. The minimum absolute atomic E-state index is 0.0315. The average Bonchev–Trinajstić information content (AvgIpc) is 2.53. The van der Waals surface area contributed by atoms with E-state index in [1.54, 1.807) is 0 Å². The van der Waals surface area contributed by atoms with E-state index in [-0.39, 0.29) is 5.91 Å². The summed E-state index contributed by atoms with van der Waals surface area (Å²) in [4.78, 5) is 12.2. The van der Waals surface area contributed by atoms with E-state index in [1.807, 2.05) is 43.3 Å². The Hall–Kier alpha value is -1.81. The van der Waals surface area contributed by atoms with Gasteiger partial charge >= 0.3 is 0 Å². The summed E-state index contributed by atoms with van der Waals surface area (Å²) in [6.45, 7) is 6.82. The SMILES string of the molecule is Cc1cccc(C(C)C)c1NC(=O)CCCOc1cccc(Br)c1. The molecule has 0 aliphatic rings. The third-order valence-corrected chi connectivity index (χ3v) is 4.30. The fourth-order valence-corrected chi connectivity index (χ4v) is 2.90. The molecule has 0 fully saturated rings. The molecule has 4 heteroatoms. The van der Waals surface area contributed by atoms with E-state index in [0.29, 0.717) is 25.4 Å². The summed E-state index contributed by atoms with van der Waals surface area (Å²) in [5.41, 5.74) is 3.22. The lowest BCUT2D eigenvalue weighted by molar-refractivity contribution is -0.116. The number of hydrogen-bond donors (Lipinski definition) is 1. The summed E-state index contributed by atoms with van der Waals surface area (Å²) in [6.07, 6.45) is 1.13. The number of halogens is 1. The first-order valence-electron chi connectivity index (χ1n) is 8.25. The summed E-state index contributed by atoms with van der Waals surface area (Å²) in [6, 6.07) is 13.8. The van der Waals surface area contributed by atoms with Gasteiger partial charge in [0.15, 0.2) is 0 Å². The van der Waals surface area contributed by atoms with Crippen molar-refractivity contribution < 1.29 is 9.53 Å². The zero-order valence-electron chi connectivity index (χ0n) is 14.4. The molecule has 0 heterocycles. The molecular weight excluding hydrogens is 366 g/mol. The zero-order valence-corrected chi connectivity index (χ0v) is 16.0. The predicted octanol–water partition coefficient (Wildman–Crippen LogP) is 5.68. The van der Waals surface area contributed by atoms with Gasteiger partial charge in [0.1, 0.15) is 5.75 Å². The minimum Gasteiger partial charge on any atom is -0.494 e. The molecule has 0 spiro atoms. The standard InChI is InChI=1S/C20H24BrNO2/c1-14(2)18-10-4-7-15(3)20(18)22-19(23)11-6-12-24-17-9-5-8-16(21)13-17/h4-5,7-10,13-14H,6,11-12H2,1-3H3,(H,22,23). The molecule has 0 bridgehead atoms. The highest BCUT2D eigenvalue weighted by Crippen LogP contribution is 2.27. The van der Waals surface area contributed by atoms with Crippen LogP contribution in [0.15, 0.2) is 46.9 Å². The van der Waals surface area contributed by atoms with Crippen LogP contribution in [-0.4, -0.2) is 12.5 Å². The molecule has 2 aromatic carbocycles. The number of nitrogens with one attached hydrogen (secondary N) is 1. The third kappa shape index (κ3) is 5.38. The molecule has 24 heavy (non-hydrogen) atoms. The van der Waals surface area contributed by atoms with Crippen molar-refractivity contribution in [1.82, 2.24) is 0 Å². The monoisotopic (exact) mass is 389 g/mol. The van der Waals surface area contributed by atoms with E-state index in [4.69, 9.17) is 4.74 Å². The average molecular weight is 390 g/mol. The molecule has 0 aliphatic heterocycles. The third-order valence-electron chi connectivity index (χ3n) is 3.80. The van der Waals surface area contributed by atoms with E-state index in [2.05, 4.69) is 41.2 Å². The first-order chi connectivity index (χ1) is 11.5. The zero-order chi connectivity index (χ0) is 17.5. The summed E-state index contributed by atoms with van der Waals surface area (Å²) >= 11 is 3.41. The number of hydrogen-bond acceptors (Lipinski definition) is 2. The Morgan fingerprint density at radius 2 is 1.96 bits per heavy atom. The van der Waals surface area contributed by atoms with Crippen molar-refractivity contribution in [1.29, 1.82) is 0 Å². The highest BCUT2D eigenvalue weighted by Gasteiger charge is 2.11. The van der Waals surface area contributed by atoms with E-state index in [0.717, 1.165) is 21.5 Å². The van der Waals surface area contributed by atoms with Crippen LogP contribution in [0.25, 0.3) is 0 Å². The Morgan fingerprint density at radius 3 is 2.67 bits per heavy atom. The van der Waals surface area contributed by atoms with E-state index in [9.17, 15) is 4.79 Å². The van der Waals surface area contributed by atoms with Crippen molar-refractivity contribution in [3.63, 3.8) is 0 Å². The molecular formula is C20H24BrNO2. The lowest BCUT2D eigenvalue weighted by atomic mass is 9.98. The predicted molar refractivity (Wildman–Crippen MR) is 103 cm³/mol. The van der Waals surface area contributed by atoms with Gasteiger partial charge in [0, 0.05) is 16.6 Å². The van der Waals surface area contributed by atoms with Gasteiger partial charge in [-0.1, -0.05) is 54.0 Å². The normalized spacial score (nSPS) is 10.7. The molecule has 2 rings (SSSR count). The quantitative estimate of drug-likeness (QED) is 0.618. The van der Waals surface area contributed by atoms with Crippen molar-refractivity contribution in [2.75, 3.05) is 11.9 Å². The maximum atomic E-state index is 12.2. The highest BCUT2D eigenvalue weighted by atomic mass is 79.9. The Morgan fingerprint density at radius 1 is 1.21 bits per heavy atom. The molecule has 2 aromatic rings. The molecule has 0 unspecified atom stereocenters. The number of aryl methyl sites for hydroxylation is 1. The molecule has 1 N–H and O–H groups in total. The number of ether oxygens (including phenoxy) is 1. The van der Waals surface area contributed by atoms with Crippen LogP contribution in [0.5, 0.6) is 5.75 Å². The van der Waals surface area contributed by atoms with Gasteiger partial charge < -0.3 is 10.1 Å². The minimum atomic E-state index is 0.0315. The van der Waals surface area contributed by atoms with Crippen LogP contribution in [0.4, 0.5) is 5.69 Å². The number of carbonyl (C=O) groups is 1. The van der Waals surface area contributed by atoms with Crippen LogP contribution in [0.2, 0.25) is 0 Å². The first kappa shape index (κ1) is 18.5. The van der Waals surface area contributed by atoms with Gasteiger partial charge in [-0.3, -0.25) is 4.79 Å². The lowest BCUT2D eigenvalue weighted by Gasteiger charge is -2.16. The number of anilines is 1. The largest absolute Gasteiger partial charge is 0.494 e. The Balaban J connectivity index is 1.84. The number of rotatable bonds is 7. The summed E-state index contributed by atoms with van der Waals surface area (Å²) in [7, 11) is 0. The van der Waals surface area contributed by atoms with Gasteiger partial charge in [0.05, 0.1) is 6.61 Å². The summed E-state index contributed by atoms with van der Waals surface area (Å²) < 4.78 is 6.65. The van der Waals surface area contributed by atoms with Crippen molar-refractivity contribution in [3.05, 3.63) is 58.1 Å². The van der Waals surface area contributed by atoms with Gasteiger partial charge in [-0.25, -0.2) is 0 Å². The van der Waals surface area contributed by atoms with Crippen molar-refractivity contribution in [2.24, 2.45) is 0 Å². The van der Waals surface area contributed by atoms with Crippen LogP contribution >= 0.6 is 15.9 Å². The van der Waals surface area contributed by atoms with Gasteiger partial charge in [-0.2, -0.15) is 0 Å². The number of carbonyl (C=O) groups excluding carboxylic acids is 1. The molecule has 0 aromatic heterocycles. The maximum Gasteiger partial charge on any atom is 0.224 e. The fourth-order valence-electron chi connectivity index (χ4n) is 2.52. The Kier molecular flexibility index (Phi) is 6.85. The van der Waals surface area contributed by atoms with Crippen LogP contribution in [-0.2, 0) is 4.79 Å². The van der Waals surface area contributed by atoms with Crippen molar-refractivity contribution in [3.8, 4) is 5.75 Å². The Bertz CT molecular complexity index is 698. The highest BCUT2D eigenvalue weighted by molar-refractivity contribution is 9.10. The molecule has 128 valence electrons. The second-order valence-corrected chi connectivity index (χ2v) is 7.07. The van der Waals surface area contributed by atoms with Crippen LogP contribution in [0, 0.1) is 6.92 Å². The molecule has 3 nitrogen and oxygen atoms in total. The first-order valence-corrected chi connectivity index (χ1v) is 9.04. The van der Waals surface area contributed by atoms with Crippen LogP contribution in [0.3, 0.4) is 0 Å². The second-order valence-electron chi connectivity index (χ2n) is 6.15. The lowest BCUT2D eigenvalue weighted by Crippen LogP contribution is -2.15. The number of para-hydroxylation sites is 1. The van der Waals surface area contributed by atoms with Crippen molar-refractivity contribution in [2.45, 2.75) is 39.5 Å². The smallest absolute Gasteiger partial charge is 0.224 e. The number of amides is 1. The molecule has 1 amide bonds. The van der Waals surface area contributed by atoms with Gasteiger partial charge in [0.2, 0.25) is 5.91 Å². The number of benzene rings is 2.